The van der Waals surface area contributed by atoms with Crippen LogP contribution in [-0.4, -0.2) is 41.3 Å². The maximum atomic E-state index is 12.3. The zero-order chi connectivity index (χ0) is 20.4. The van der Waals surface area contributed by atoms with E-state index in [-0.39, 0.29) is 12.4 Å². The Balaban J connectivity index is 1.47. The van der Waals surface area contributed by atoms with Crippen molar-refractivity contribution < 1.29 is 18.8 Å². The van der Waals surface area contributed by atoms with E-state index < -0.39 is 12.2 Å². The number of nitrogens with two attached hydrogens (primary N) is 1. The molecule has 0 radical (unpaired) electrons. The molecule has 2 aromatic heterocycles. The molecule has 0 bridgehead atoms. The van der Waals surface area contributed by atoms with Crippen molar-refractivity contribution >= 4 is 17.6 Å². The Labute approximate surface area is 166 Å². The summed E-state index contributed by atoms with van der Waals surface area (Å²) < 4.78 is 15.6. The second kappa shape index (κ2) is 7.63. The van der Waals surface area contributed by atoms with E-state index in [4.69, 9.17) is 25.1 Å². The van der Waals surface area contributed by atoms with Crippen LogP contribution in [0, 0.1) is 12.3 Å². The number of hydrogen-bond donors (Lipinski definition) is 2. The summed E-state index contributed by atoms with van der Waals surface area (Å²) in [5.74, 6) is 0.280. The fourth-order valence-corrected chi connectivity index (χ4v) is 3.12. The quantitative estimate of drug-likeness (QED) is 0.487. The number of benzene rings is 1. The molecule has 0 spiro atoms. The third kappa shape index (κ3) is 3.88. The predicted octanol–water partition coefficient (Wildman–Crippen LogP) is 2.73. The molecule has 9 heteroatoms. The molecule has 4 rings (SSSR count). The molecule has 1 saturated heterocycles. The summed E-state index contributed by atoms with van der Waals surface area (Å²) in [6, 6.07) is 10.9. The van der Waals surface area contributed by atoms with E-state index in [0.717, 1.165) is 22.4 Å². The Morgan fingerprint density at radius 3 is 2.79 bits per heavy atom. The number of hydrogen-bond acceptors (Lipinski definition) is 7. The minimum Gasteiger partial charge on any atom is -0.471 e. The molecule has 0 saturated carbocycles. The number of nitrogens with one attached hydrogen (secondary N) is 1. The van der Waals surface area contributed by atoms with Gasteiger partial charge in [0.05, 0.1) is 12.2 Å². The molecule has 1 amide bonds. The number of carbonyl (C=O) groups is 1. The smallest absolute Gasteiger partial charge is 0.414 e. The lowest BCUT2D eigenvalue weighted by Gasteiger charge is -2.17. The number of aromatic nitrogens is 2. The summed E-state index contributed by atoms with van der Waals surface area (Å²) in [6.07, 6.45) is 2.27. The van der Waals surface area contributed by atoms with Crippen molar-refractivity contribution in [1.29, 1.82) is 5.41 Å². The highest BCUT2D eigenvalue weighted by Crippen LogP contribution is 2.30. The first-order valence-electron chi connectivity index (χ1n) is 8.94. The Morgan fingerprint density at radius 1 is 1.31 bits per heavy atom. The minimum atomic E-state index is -0.415. The number of cyclic esters (lactones) is 1. The number of rotatable bonds is 6. The van der Waals surface area contributed by atoms with E-state index in [1.54, 1.807) is 23.2 Å². The van der Waals surface area contributed by atoms with Crippen LogP contribution in [0.15, 0.2) is 53.4 Å². The predicted molar refractivity (Wildman–Crippen MR) is 105 cm³/mol. The van der Waals surface area contributed by atoms with Crippen LogP contribution in [0.4, 0.5) is 10.5 Å². The number of nitrogen functional groups attached to an aromatic ring is 1. The molecule has 3 heterocycles. The van der Waals surface area contributed by atoms with Crippen LogP contribution < -0.4 is 15.4 Å². The topological polar surface area (TPSA) is 128 Å². The normalized spacial score (nSPS) is 16.0. The fourth-order valence-electron chi connectivity index (χ4n) is 3.12. The second-order valence-corrected chi connectivity index (χ2v) is 6.61. The average Bonchev–Trinajstić information content (AvgIpc) is 3.36. The standard InChI is InChI=1S/C20H19N5O4/c1-12-8-13(14-2-4-16(19(21)22)23-9-14)3-5-17(12)25-10-15(29-20(25)26)11-27-18-6-7-28-24-18/h2-9,15H,10-11H2,1H3,(H3,21,22). The third-order valence-electron chi connectivity index (χ3n) is 4.57. The SMILES string of the molecule is Cc1cc(-c2ccc(C(=N)N)nc2)ccc1N1CC(COc2ccon2)OC1=O. The number of pyridine rings is 1. The van der Waals surface area contributed by atoms with Gasteiger partial charge in [-0.2, -0.15) is 0 Å². The summed E-state index contributed by atoms with van der Waals surface area (Å²) in [5.41, 5.74) is 9.42. The van der Waals surface area contributed by atoms with Crippen molar-refractivity contribution in [3.63, 3.8) is 0 Å². The summed E-state index contributed by atoms with van der Waals surface area (Å²) >= 11 is 0. The van der Waals surface area contributed by atoms with Gasteiger partial charge in [-0.05, 0) is 41.4 Å². The molecule has 1 atom stereocenters. The van der Waals surface area contributed by atoms with Gasteiger partial charge in [-0.1, -0.05) is 12.1 Å². The third-order valence-corrected chi connectivity index (χ3v) is 4.57. The Hall–Kier alpha value is -3.88. The van der Waals surface area contributed by atoms with Gasteiger partial charge >= 0.3 is 6.09 Å². The molecule has 29 heavy (non-hydrogen) atoms. The highest BCUT2D eigenvalue weighted by atomic mass is 16.6. The fraction of sp³-hybridized carbons (Fsp3) is 0.200. The zero-order valence-electron chi connectivity index (χ0n) is 15.7. The van der Waals surface area contributed by atoms with Crippen LogP contribution in [0.25, 0.3) is 11.1 Å². The Kier molecular flexibility index (Phi) is 4.86. The summed E-state index contributed by atoms with van der Waals surface area (Å²) in [6.45, 7) is 2.51. The van der Waals surface area contributed by atoms with Crippen molar-refractivity contribution in [2.45, 2.75) is 13.0 Å². The first kappa shape index (κ1) is 18.5. The highest BCUT2D eigenvalue weighted by molar-refractivity contribution is 5.93. The van der Waals surface area contributed by atoms with Crippen LogP contribution in [-0.2, 0) is 4.74 Å². The van der Waals surface area contributed by atoms with E-state index in [0.29, 0.717) is 18.1 Å². The number of amides is 1. The second-order valence-electron chi connectivity index (χ2n) is 6.61. The van der Waals surface area contributed by atoms with Crippen LogP contribution in [0.2, 0.25) is 0 Å². The number of aryl methyl sites for hydroxylation is 1. The lowest BCUT2D eigenvalue weighted by molar-refractivity contribution is 0.102. The largest absolute Gasteiger partial charge is 0.471 e. The molecular formula is C20H19N5O4. The van der Waals surface area contributed by atoms with Gasteiger partial charge in [0.15, 0.2) is 6.10 Å². The van der Waals surface area contributed by atoms with Crippen LogP contribution in [0.1, 0.15) is 11.3 Å². The van der Waals surface area contributed by atoms with Gasteiger partial charge in [0.2, 0.25) is 0 Å². The summed E-state index contributed by atoms with van der Waals surface area (Å²) in [4.78, 5) is 18.1. The van der Waals surface area contributed by atoms with E-state index in [2.05, 4.69) is 10.1 Å². The lowest BCUT2D eigenvalue weighted by Crippen LogP contribution is -2.27. The van der Waals surface area contributed by atoms with Crippen LogP contribution in [0.3, 0.4) is 0 Å². The molecule has 148 valence electrons. The van der Waals surface area contributed by atoms with Gasteiger partial charge in [0.1, 0.15) is 24.4 Å². The van der Waals surface area contributed by atoms with E-state index >= 15 is 0 Å². The van der Waals surface area contributed by atoms with E-state index in [1.165, 1.54) is 6.26 Å². The summed E-state index contributed by atoms with van der Waals surface area (Å²) in [5, 5.41) is 11.1. The van der Waals surface area contributed by atoms with Crippen molar-refractivity contribution in [3.05, 3.63) is 60.1 Å². The van der Waals surface area contributed by atoms with Crippen molar-refractivity contribution in [3.8, 4) is 17.0 Å². The van der Waals surface area contributed by atoms with Crippen molar-refractivity contribution in [2.24, 2.45) is 5.73 Å². The summed E-state index contributed by atoms with van der Waals surface area (Å²) in [7, 11) is 0. The monoisotopic (exact) mass is 393 g/mol. The molecule has 3 N–H and O–H groups in total. The van der Waals surface area contributed by atoms with E-state index in [9.17, 15) is 4.79 Å². The van der Waals surface area contributed by atoms with Gasteiger partial charge in [-0.15, -0.1) is 0 Å². The van der Waals surface area contributed by atoms with Crippen molar-refractivity contribution in [2.75, 3.05) is 18.1 Å². The first-order valence-corrected chi connectivity index (χ1v) is 8.94. The Bertz CT molecular complexity index is 1030. The Morgan fingerprint density at radius 2 is 2.14 bits per heavy atom. The van der Waals surface area contributed by atoms with Gasteiger partial charge in [0.25, 0.3) is 5.88 Å². The number of nitrogens with zero attached hydrogens (tertiary/aromatic N) is 3. The number of carbonyl (C=O) groups excluding carboxylic acids is 1. The molecule has 9 nitrogen and oxygen atoms in total. The molecular weight excluding hydrogens is 374 g/mol. The lowest BCUT2D eigenvalue weighted by atomic mass is 10.0. The molecule has 1 aliphatic rings. The molecule has 0 aliphatic carbocycles. The van der Waals surface area contributed by atoms with Gasteiger partial charge < -0.3 is 19.7 Å². The molecule has 3 aromatic rings. The molecule has 1 aromatic carbocycles. The minimum absolute atomic E-state index is 0.0716. The van der Waals surface area contributed by atoms with Gasteiger partial charge in [0, 0.05) is 17.8 Å². The highest BCUT2D eigenvalue weighted by Gasteiger charge is 2.33. The molecule has 1 aliphatic heterocycles. The van der Waals surface area contributed by atoms with E-state index in [1.807, 2.05) is 31.2 Å². The first-order chi connectivity index (χ1) is 14.0. The van der Waals surface area contributed by atoms with Gasteiger partial charge in [-0.25, -0.2) is 4.79 Å². The van der Waals surface area contributed by atoms with Gasteiger partial charge in [-0.3, -0.25) is 15.3 Å². The zero-order valence-corrected chi connectivity index (χ0v) is 15.7. The molecule has 1 unspecified atom stereocenters. The number of amidine groups is 1. The maximum Gasteiger partial charge on any atom is 0.414 e. The van der Waals surface area contributed by atoms with Crippen LogP contribution in [0.5, 0.6) is 5.88 Å². The van der Waals surface area contributed by atoms with Crippen LogP contribution >= 0.6 is 0 Å². The molecule has 1 fully saturated rings. The van der Waals surface area contributed by atoms with Crippen molar-refractivity contribution in [1.82, 2.24) is 10.1 Å². The maximum absolute atomic E-state index is 12.3. The number of anilines is 1. The average molecular weight is 393 g/mol. The number of ether oxygens (including phenoxy) is 2.